The SMILES string of the molecule is COC(=O)c1nc(C(=O)C2=CN(C)CC=N2)cc(Cl)c1Cl. The van der Waals surface area contributed by atoms with Crippen molar-refractivity contribution in [3.8, 4) is 0 Å². The first-order valence-electron chi connectivity index (χ1n) is 5.87. The maximum Gasteiger partial charge on any atom is 0.358 e. The van der Waals surface area contributed by atoms with Gasteiger partial charge in [0.1, 0.15) is 11.4 Å². The molecule has 0 unspecified atom stereocenters. The summed E-state index contributed by atoms with van der Waals surface area (Å²) in [6, 6.07) is 1.30. The molecule has 110 valence electrons. The highest BCUT2D eigenvalue weighted by molar-refractivity contribution is 6.43. The molecule has 0 bridgehead atoms. The van der Waals surface area contributed by atoms with E-state index >= 15 is 0 Å². The van der Waals surface area contributed by atoms with Crippen molar-refractivity contribution in [2.24, 2.45) is 4.99 Å². The Morgan fingerprint density at radius 3 is 2.71 bits per heavy atom. The first-order chi connectivity index (χ1) is 9.93. The number of esters is 1. The number of pyridine rings is 1. The lowest BCUT2D eigenvalue weighted by Crippen LogP contribution is -2.21. The lowest BCUT2D eigenvalue weighted by molar-refractivity contribution is 0.0594. The Hall–Kier alpha value is -1.92. The zero-order valence-corrected chi connectivity index (χ0v) is 12.8. The zero-order chi connectivity index (χ0) is 15.6. The minimum absolute atomic E-state index is 0.0245. The van der Waals surface area contributed by atoms with Crippen molar-refractivity contribution in [2.75, 3.05) is 20.7 Å². The maximum absolute atomic E-state index is 12.3. The minimum atomic E-state index is -0.769. The molecule has 0 radical (unpaired) electrons. The van der Waals surface area contributed by atoms with Crippen LogP contribution in [0.25, 0.3) is 0 Å². The number of carbonyl (C=O) groups is 2. The molecule has 2 heterocycles. The van der Waals surface area contributed by atoms with Gasteiger partial charge in [-0.25, -0.2) is 9.78 Å². The molecule has 0 N–H and O–H groups in total. The molecule has 0 saturated carbocycles. The van der Waals surface area contributed by atoms with Crippen LogP contribution >= 0.6 is 23.2 Å². The summed E-state index contributed by atoms with van der Waals surface area (Å²) >= 11 is 11.8. The predicted octanol–water partition coefficient (Wildman–Crippen LogP) is 2.22. The number of rotatable bonds is 3. The third-order valence-electron chi connectivity index (χ3n) is 2.70. The van der Waals surface area contributed by atoms with Gasteiger partial charge in [0.05, 0.1) is 23.7 Å². The smallest absolute Gasteiger partial charge is 0.358 e. The van der Waals surface area contributed by atoms with Crippen LogP contribution in [0, 0.1) is 0 Å². The molecule has 0 aliphatic carbocycles. The van der Waals surface area contributed by atoms with E-state index in [-0.39, 0.29) is 27.1 Å². The molecule has 0 atom stereocenters. The van der Waals surface area contributed by atoms with Gasteiger partial charge in [0.2, 0.25) is 5.78 Å². The normalized spacial score (nSPS) is 13.9. The van der Waals surface area contributed by atoms with Crippen LogP contribution in [0.2, 0.25) is 10.0 Å². The molecule has 8 heteroatoms. The van der Waals surface area contributed by atoms with E-state index in [0.717, 1.165) is 0 Å². The molecule has 0 spiro atoms. The predicted molar refractivity (Wildman–Crippen MR) is 79.1 cm³/mol. The second-order valence-corrected chi connectivity index (χ2v) is 5.02. The molecule has 6 nitrogen and oxygen atoms in total. The number of hydrogen-bond acceptors (Lipinski definition) is 6. The number of hydrogen-bond donors (Lipinski definition) is 0. The van der Waals surface area contributed by atoms with Crippen molar-refractivity contribution in [3.63, 3.8) is 0 Å². The fourth-order valence-electron chi connectivity index (χ4n) is 1.66. The Morgan fingerprint density at radius 1 is 1.38 bits per heavy atom. The first kappa shape index (κ1) is 15.5. The second-order valence-electron chi connectivity index (χ2n) is 4.24. The van der Waals surface area contributed by atoms with Gasteiger partial charge in [-0.1, -0.05) is 23.2 Å². The Labute approximate surface area is 131 Å². The number of Topliss-reactive ketones (excluding diaryl/α,β-unsaturated/α-hetero) is 1. The molecule has 0 amide bonds. The van der Waals surface area contributed by atoms with E-state index in [1.54, 1.807) is 24.4 Å². The summed E-state index contributed by atoms with van der Waals surface area (Å²) < 4.78 is 4.56. The number of allylic oxidation sites excluding steroid dienone is 1. The van der Waals surface area contributed by atoms with Gasteiger partial charge < -0.3 is 9.64 Å². The summed E-state index contributed by atoms with van der Waals surface area (Å²) in [7, 11) is 2.99. The van der Waals surface area contributed by atoms with Crippen molar-refractivity contribution >= 4 is 41.2 Å². The van der Waals surface area contributed by atoms with Crippen LogP contribution in [-0.2, 0) is 4.74 Å². The van der Waals surface area contributed by atoms with Crippen molar-refractivity contribution in [2.45, 2.75) is 0 Å². The Morgan fingerprint density at radius 2 is 2.10 bits per heavy atom. The van der Waals surface area contributed by atoms with Crippen molar-refractivity contribution in [1.82, 2.24) is 9.88 Å². The average molecular weight is 328 g/mol. The van der Waals surface area contributed by atoms with Gasteiger partial charge in [0, 0.05) is 19.5 Å². The van der Waals surface area contributed by atoms with E-state index in [2.05, 4.69) is 14.7 Å². The summed E-state index contributed by atoms with van der Waals surface area (Å²) in [6.07, 6.45) is 3.19. The molecule has 1 aromatic heterocycles. The number of ether oxygens (including phenoxy) is 1. The van der Waals surface area contributed by atoms with E-state index < -0.39 is 11.8 Å². The standard InChI is InChI=1S/C13H11Cl2N3O3/c1-18-4-3-16-9(6-18)12(19)8-5-7(14)10(15)11(17-8)13(20)21-2/h3,5-6H,4H2,1-2H3. The van der Waals surface area contributed by atoms with Crippen LogP contribution in [0.1, 0.15) is 21.0 Å². The quantitative estimate of drug-likeness (QED) is 0.628. The number of methoxy groups -OCH3 is 1. The summed E-state index contributed by atoms with van der Waals surface area (Å²) in [4.78, 5) is 33.7. The highest BCUT2D eigenvalue weighted by atomic mass is 35.5. The van der Waals surface area contributed by atoms with Crippen LogP contribution < -0.4 is 0 Å². The summed E-state index contributed by atoms with van der Waals surface area (Å²) in [5, 5.41) is -0.0116. The minimum Gasteiger partial charge on any atom is -0.464 e. The number of ketones is 1. The summed E-state index contributed by atoms with van der Waals surface area (Å²) in [5.74, 6) is -1.23. The highest BCUT2D eigenvalue weighted by Gasteiger charge is 2.22. The fraction of sp³-hybridized carbons (Fsp3) is 0.231. The highest BCUT2D eigenvalue weighted by Crippen LogP contribution is 2.27. The van der Waals surface area contributed by atoms with Crippen molar-refractivity contribution in [3.05, 3.63) is 39.4 Å². The van der Waals surface area contributed by atoms with Crippen molar-refractivity contribution in [1.29, 1.82) is 0 Å². The van der Waals surface area contributed by atoms with Gasteiger partial charge in [0.15, 0.2) is 5.69 Å². The molecular formula is C13H11Cl2N3O3. The van der Waals surface area contributed by atoms with Crippen LogP contribution in [0.15, 0.2) is 23.0 Å². The van der Waals surface area contributed by atoms with Gasteiger partial charge in [-0.3, -0.25) is 9.79 Å². The van der Waals surface area contributed by atoms with Crippen molar-refractivity contribution < 1.29 is 14.3 Å². The van der Waals surface area contributed by atoms with E-state index in [4.69, 9.17) is 23.2 Å². The van der Waals surface area contributed by atoms with Crippen LogP contribution in [0.3, 0.4) is 0 Å². The number of aliphatic imine (C=N–C) groups is 1. The Balaban J connectivity index is 2.45. The third-order valence-corrected chi connectivity index (χ3v) is 3.48. The molecule has 0 aromatic carbocycles. The zero-order valence-electron chi connectivity index (χ0n) is 11.3. The van der Waals surface area contributed by atoms with E-state index in [1.807, 2.05) is 0 Å². The van der Waals surface area contributed by atoms with E-state index in [9.17, 15) is 9.59 Å². The monoisotopic (exact) mass is 327 g/mol. The average Bonchev–Trinajstić information content (AvgIpc) is 2.48. The number of nitrogens with zero attached hydrogens (tertiary/aromatic N) is 3. The van der Waals surface area contributed by atoms with Gasteiger partial charge in [0.25, 0.3) is 0 Å². The fourth-order valence-corrected chi connectivity index (χ4v) is 2.02. The van der Waals surface area contributed by atoms with E-state index in [1.165, 1.54) is 13.2 Å². The Bertz CT molecular complexity index is 671. The molecule has 0 fully saturated rings. The number of halogens is 2. The van der Waals surface area contributed by atoms with Crippen LogP contribution in [0.5, 0.6) is 0 Å². The number of carbonyl (C=O) groups excluding carboxylic acids is 2. The second kappa shape index (κ2) is 6.24. The lowest BCUT2D eigenvalue weighted by Gasteiger charge is -2.16. The molecule has 0 saturated heterocycles. The van der Waals surface area contributed by atoms with Gasteiger partial charge in [-0.2, -0.15) is 0 Å². The molecule has 1 aliphatic rings. The van der Waals surface area contributed by atoms with Gasteiger partial charge in [-0.15, -0.1) is 0 Å². The largest absolute Gasteiger partial charge is 0.464 e. The van der Waals surface area contributed by atoms with Gasteiger partial charge >= 0.3 is 5.97 Å². The maximum atomic E-state index is 12.3. The molecule has 1 aliphatic heterocycles. The summed E-state index contributed by atoms with van der Waals surface area (Å²) in [5.41, 5.74) is -0.0299. The topological polar surface area (TPSA) is 71.9 Å². The van der Waals surface area contributed by atoms with Gasteiger partial charge in [-0.05, 0) is 6.07 Å². The van der Waals surface area contributed by atoms with Crippen LogP contribution in [0.4, 0.5) is 0 Å². The summed E-state index contributed by atoms with van der Waals surface area (Å²) in [6.45, 7) is 0.610. The third kappa shape index (κ3) is 3.22. The molecule has 2 rings (SSSR count). The molecule has 1 aromatic rings. The first-order valence-corrected chi connectivity index (χ1v) is 6.63. The van der Waals surface area contributed by atoms with Crippen LogP contribution in [-0.4, -0.2) is 48.6 Å². The lowest BCUT2D eigenvalue weighted by atomic mass is 10.2. The molecule has 21 heavy (non-hydrogen) atoms. The number of aromatic nitrogens is 1. The molecular weight excluding hydrogens is 317 g/mol. The van der Waals surface area contributed by atoms with E-state index in [0.29, 0.717) is 6.54 Å². The Kier molecular flexibility index (Phi) is 4.59.